The molecule has 1 aromatic rings. The monoisotopic (exact) mass is 297 g/mol. The highest BCUT2D eigenvalue weighted by Crippen LogP contribution is 2.27. The molecular weight excluding hydrogens is 277 g/mol. The van der Waals surface area contributed by atoms with Crippen LogP contribution in [0.1, 0.15) is 32.1 Å². The van der Waals surface area contributed by atoms with Gasteiger partial charge in [0.05, 0.1) is 4.90 Å². The molecule has 0 aliphatic heterocycles. The van der Waals surface area contributed by atoms with Crippen molar-refractivity contribution in [1.82, 2.24) is 4.31 Å². The molecule has 1 aromatic carbocycles. The molecule has 0 bridgehead atoms. The Labute approximate surface area is 120 Å². The molecule has 0 saturated heterocycles. The molecule has 3 nitrogen and oxygen atoms in total. The largest absolute Gasteiger partial charge is 0.243 e. The number of nitrogens with zero attached hydrogens (tertiary/aromatic N) is 1. The second-order valence-electron chi connectivity index (χ2n) is 5.11. The van der Waals surface area contributed by atoms with Crippen molar-refractivity contribution in [3.05, 3.63) is 42.7 Å². The van der Waals surface area contributed by atoms with Crippen molar-refractivity contribution in [3.63, 3.8) is 0 Å². The van der Waals surface area contributed by atoms with E-state index in [1.165, 1.54) is 22.5 Å². The van der Waals surface area contributed by atoms with E-state index in [4.69, 9.17) is 0 Å². The lowest BCUT2D eigenvalue weighted by molar-refractivity contribution is 0.269. The van der Waals surface area contributed by atoms with Gasteiger partial charge in [-0.2, -0.15) is 4.31 Å². The summed E-state index contributed by atoms with van der Waals surface area (Å²) in [5.74, 6) is -0.534. The molecule has 0 spiro atoms. The summed E-state index contributed by atoms with van der Waals surface area (Å²) >= 11 is 0. The van der Waals surface area contributed by atoms with Crippen LogP contribution in [-0.2, 0) is 10.0 Å². The summed E-state index contributed by atoms with van der Waals surface area (Å²) in [5, 5.41) is 0. The second kappa shape index (κ2) is 6.50. The topological polar surface area (TPSA) is 37.4 Å². The van der Waals surface area contributed by atoms with Crippen molar-refractivity contribution in [2.24, 2.45) is 0 Å². The second-order valence-corrected chi connectivity index (χ2v) is 7.00. The Morgan fingerprint density at radius 1 is 1.30 bits per heavy atom. The molecule has 5 heteroatoms. The summed E-state index contributed by atoms with van der Waals surface area (Å²) < 4.78 is 40.1. The maximum absolute atomic E-state index is 13.3. The molecular formula is C15H20FNO2S. The summed E-state index contributed by atoms with van der Waals surface area (Å²) in [6.45, 7) is 3.91. The number of halogens is 1. The van der Waals surface area contributed by atoms with Gasteiger partial charge in [0.1, 0.15) is 5.82 Å². The summed E-state index contributed by atoms with van der Waals surface area (Å²) in [6, 6.07) is 5.19. The fraction of sp³-hybridized carbons (Fsp3) is 0.467. The normalized spacial score (nSPS) is 17.3. The predicted octanol–water partition coefficient (Wildman–Crippen LogP) is 3.34. The number of benzene rings is 1. The van der Waals surface area contributed by atoms with Gasteiger partial charge in [0.2, 0.25) is 10.0 Å². The van der Waals surface area contributed by atoms with Crippen LogP contribution in [-0.4, -0.2) is 25.3 Å². The van der Waals surface area contributed by atoms with Crippen LogP contribution in [0.15, 0.2) is 41.8 Å². The zero-order chi connectivity index (χ0) is 14.6. The minimum absolute atomic E-state index is 0.00461. The molecule has 0 N–H and O–H groups in total. The molecule has 2 rings (SSSR count). The Morgan fingerprint density at radius 3 is 2.60 bits per heavy atom. The first kappa shape index (κ1) is 15.2. The number of rotatable bonds is 5. The van der Waals surface area contributed by atoms with Crippen LogP contribution in [0.2, 0.25) is 0 Å². The molecule has 0 atom stereocenters. The first-order valence-electron chi connectivity index (χ1n) is 6.94. The molecule has 1 saturated carbocycles. The first-order chi connectivity index (χ1) is 9.55. The van der Waals surface area contributed by atoms with Gasteiger partial charge in [-0.3, -0.25) is 0 Å². The third-order valence-electron chi connectivity index (χ3n) is 3.69. The highest BCUT2D eigenvalue weighted by atomic mass is 32.2. The lowest BCUT2D eigenvalue weighted by atomic mass is 9.95. The van der Waals surface area contributed by atoms with Gasteiger partial charge >= 0.3 is 0 Å². The Hall–Kier alpha value is -1.20. The van der Waals surface area contributed by atoms with Crippen LogP contribution in [0.3, 0.4) is 0 Å². The molecule has 1 aliphatic carbocycles. The zero-order valence-electron chi connectivity index (χ0n) is 11.5. The maximum atomic E-state index is 13.3. The maximum Gasteiger partial charge on any atom is 0.243 e. The van der Waals surface area contributed by atoms with E-state index in [2.05, 4.69) is 6.58 Å². The van der Waals surface area contributed by atoms with Crippen molar-refractivity contribution < 1.29 is 12.8 Å². The lowest BCUT2D eigenvalue weighted by Crippen LogP contribution is -2.41. The summed E-state index contributed by atoms with van der Waals surface area (Å²) in [6.07, 6.45) is 6.54. The minimum atomic E-state index is -3.66. The van der Waals surface area contributed by atoms with E-state index in [9.17, 15) is 12.8 Å². The van der Waals surface area contributed by atoms with Crippen LogP contribution in [0.5, 0.6) is 0 Å². The summed E-state index contributed by atoms with van der Waals surface area (Å²) in [4.78, 5) is 0.0184. The quantitative estimate of drug-likeness (QED) is 0.782. The molecule has 20 heavy (non-hydrogen) atoms. The van der Waals surface area contributed by atoms with Gasteiger partial charge in [-0.25, -0.2) is 12.8 Å². The Kier molecular flexibility index (Phi) is 4.94. The van der Waals surface area contributed by atoms with Crippen molar-refractivity contribution >= 4 is 10.0 Å². The van der Waals surface area contributed by atoms with E-state index < -0.39 is 15.8 Å². The SMILES string of the molecule is C=CCN(C1CCCCC1)S(=O)(=O)c1cccc(F)c1. The van der Waals surface area contributed by atoms with Gasteiger partial charge in [-0.15, -0.1) is 6.58 Å². The third kappa shape index (κ3) is 3.27. The number of hydrogen-bond acceptors (Lipinski definition) is 2. The van der Waals surface area contributed by atoms with Crippen LogP contribution in [0, 0.1) is 5.82 Å². The van der Waals surface area contributed by atoms with Gasteiger partial charge in [0.15, 0.2) is 0 Å². The Morgan fingerprint density at radius 2 is 2.00 bits per heavy atom. The van der Waals surface area contributed by atoms with Gasteiger partial charge in [0, 0.05) is 12.6 Å². The standard InChI is InChI=1S/C15H20FNO2S/c1-2-11-17(14-8-4-3-5-9-14)20(18,19)15-10-6-7-13(16)12-15/h2,6-7,10,12,14H,1,3-5,8-9,11H2. The average Bonchev–Trinajstić information content (AvgIpc) is 2.45. The van der Waals surface area contributed by atoms with Gasteiger partial charge in [-0.05, 0) is 31.0 Å². The van der Waals surface area contributed by atoms with Crippen LogP contribution >= 0.6 is 0 Å². The highest BCUT2D eigenvalue weighted by molar-refractivity contribution is 7.89. The van der Waals surface area contributed by atoms with E-state index in [0.29, 0.717) is 0 Å². The fourth-order valence-corrected chi connectivity index (χ4v) is 4.39. The molecule has 0 amide bonds. The van der Waals surface area contributed by atoms with Gasteiger partial charge < -0.3 is 0 Å². The average molecular weight is 297 g/mol. The molecule has 0 unspecified atom stereocenters. The van der Waals surface area contributed by atoms with E-state index in [1.807, 2.05) is 0 Å². The highest BCUT2D eigenvalue weighted by Gasteiger charge is 2.31. The fourth-order valence-electron chi connectivity index (χ4n) is 2.70. The van der Waals surface area contributed by atoms with Crippen LogP contribution in [0.25, 0.3) is 0 Å². The van der Waals surface area contributed by atoms with Crippen LogP contribution < -0.4 is 0 Å². The lowest BCUT2D eigenvalue weighted by Gasteiger charge is -2.32. The summed E-state index contributed by atoms with van der Waals surface area (Å²) in [7, 11) is -3.66. The summed E-state index contributed by atoms with van der Waals surface area (Å²) in [5.41, 5.74) is 0. The van der Waals surface area contributed by atoms with Gasteiger partial charge in [-0.1, -0.05) is 31.4 Å². The molecule has 110 valence electrons. The number of sulfonamides is 1. The predicted molar refractivity (Wildman–Crippen MR) is 77.4 cm³/mol. The van der Waals surface area contributed by atoms with Crippen LogP contribution in [0.4, 0.5) is 4.39 Å². The van der Waals surface area contributed by atoms with Crippen molar-refractivity contribution in [3.8, 4) is 0 Å². The molecule has 0 aromatic heterocycles. The van der Waals surface area contributed by atoms with Crippen molar-refractivity contribution in [2.45, 2.75) is 43.0 Å². The van der Waals surface area contributed by atoms with E-state index >= 15 is 0 Å². The smallest absolute Gasteiger partial charge is 0.207 e. The van der Waals surface area contributed by atoms with Crippen molar-refractivity contribution in [1.29, 1.82) is 0 Å². The Balaban J connectivity index is 2.33. The molecule has 0 radical (unpaired) electrons. The molecule has 0 heterocycles. The number of hydrogen-bond donors (Lipinski definition) is 0. The zero-order valence-corrected chi connectivity index (χ0v) is 12.3. The molecule has 1 fully saturated rings. The molecule has 1 aliphatic rings. The van der Waals surface area contributed by atoms with E-state index in [-0.39, 0.29) is 17.5 Å². The first-order valence-corrected chi connectivity index (χ1v) is 8.38. The van der Waals surface area contributed by atoms with Gasteiger partial charge in [0.25, 0.3) is 0 Å². The van der Waals surface area contributed by atoms with Crippen molar-refractivity contribution in [2.75, 3.05) is 6.54 Å². The third-order valence-corrected chi connectivity index (χ3v) is 5.61. The van der Waals surface area contributed by atoms with E-state index in [0.717, 1.165) is 38.2 Å². The minimum Gasteiger partial charge on any atom is -0.207 e. The van der Waals surface area contributed by atoms with E-state index in [1.54, 1.807) is 6.08 Å². The Bertz CT molecular complexity index is 565.